The lowest BCUT2D eigenvalue weighted by atomic mass is 10.1. The monoisotopic (exact) mass is 281 g/mol. The molecule has 1 aromatic carbocycles. The fourth-order valence-corrected chi connectivity index (χ4v) is 2.50. The van der Waals surface area contributed by atoms with Crippen LogP contribution >= 0.6 is 0 Å². The number of aromatic nitrogens is 3. The van der Waals surface area contributed by atoms with E-state index < -0.39 is 0 Å². The van der Waals surface area contributed by atoms with Crippen molar-refractivity contribution in [1.29, 1.82) is 0 Å². The third-order valence-electron chi connectivity index (χ3n) is 3.51. The van der Waals surface area contributed by atoms with Gasteiger partial charge in [-0.25, -0.2) is 9.50 Å². The van der Waals surface area contributed by atoms with Gasteiger partial charge in [0.25, 0.3) is 0 Å². The van der Waals surface area contributed by atoms with E-state index in [-0.39, 0.29) is 0 Å². The second kappa shape index (κ2) is 5.83. The van der Waals surface area contributed by atoms with Crippen molar-refractivity contribution in [3.63, 3.8) is 0 Å². The largest absolute Gasteiger partial charge is 0.398 e. The van der Waals surface area contributed by atoms with Gasteiger partial charge in [0.05, 0.1) is 6.20 Å². The number of rotatable bonds is 5. The molecule has 0 amide bonds. The van der Waals surface area contributed by atoms with Gasteiger partial charge in [-0.3, -0.25) is 0 Å². The second-order valence-electron chi connectivity index (χ2n) is 5.03. The van der Waals surface area contributed by atoms with E-state index in [0.717, 1.165) is 42.1 Å². The maximum atomic E-state index is 6.07. The maximum absolute atomic E-state index is 6.07. The molecule has 0 unspecified atom stereocenters. The number of nitrogens with zero attached hydrogens (tertiary/aromatic N) is 4. The molecule has 0 atom stereocenters. The van der Waals surface area contributed by atoms with Gasteiger partial charge in [0.15, 0.2) is 5.82 Å². The molecule has 0 aliphatic heterocycles. The fourth-order valence-electron chi connectivity index (χ4n) is 2.50. The Morgan fingerprint density at radius 2 is 2.05 bits per heavy atom. The zero-order chi connectivity index (χ0) is 14.7. The third kappa shape index (κ3) is 2.67. The molecule has 0 aliphatic rings. The van der Waals surface area contributed by atoms with E-state index in [1.54, 1.807) is 12.4 Å². The predicted octanol–water partition coefficient (Wildman–Crippen LogP) is 2.73. The highest BCUT2D eigenvalue weighted by molar-refractivity contribution is 5.68. The Morgan fingerprint density at radius 1 is 1.19 bits per heavy atom. The van der Waals surface area contributed by atoms with Gasteiger partial charge in [0.2, 0.25) is 0 Å². The first kappa shape index (κ1) is 13.4. The summed E-state index contributed by atoms with van der Waals surface area (Å²) in [6.07, 6.45) is 6.48. The van der Waals surface area contributed by atoms with E-state index in [1.165, 1.54) is 0 Å². The second-order valence-corrected chi connectivity index (χ2v) is 5.03. The molecule has 108 valence electrons. The molecule has 21 heavy (non-hydrogen) atoms. The Bertz CT molecular complexity index is 734. The number of hydrogen-bond acceptors (Lipinski definition) is 4. The lowest BCUT2D eigenvalue weighted by Crippen LogP contribution is -2.25. The predicted molar refractivity (Wildman–Crippen MR) is 85.2 cm³/mol. The van der Waals surface area contributed by atoms with Crippen LogP contribution in [0.5, 0.6) is 0 Å². The van der Waals surface area contributed by atoms with Crippen LogP contribution in [0, 0.1) is 0 Å². The lowest BCUT2D eigenvalue weighted by molar-refractivity contribution is 0.753. The Balaban J connectivity index is 1.98. The molecule has 0 saturated carbocycles. The molecule has 5 heteroatoms. The summed E-state index contributed by atoms with van der Waals surface area (Å²) in [5, 5.41) is 4.27. The van der Waals surface area contributed by atoms with Gasteiger partial charge < -0.3 is 10.6 Å². The molecule has 3 rings (SSSR count). The van der Waals surface area contributed by atoms with Crippen molar-refractivity contribution in [3.8, 4) is 0 Å². The van der Waals surface area contributed by atoms with Crippen molar-refractivity contribution in [1.82, 2.24) is 14.6 Å². The lowest BCUT2D eigenvalue weighted by Gasteiger charge is -2.24. The Kier molecular flexibility index (Phi) is 3.73. The van der Waals surface area contributed by atoms with Crippen LogP contribution in [0.25, 0.3) is 5.52 Å². The van der Waals surface area contributed by atoms with Gasteiger partial charge in [-0.1, -0.05) is 25.1 Å². The van der Waals surface area contributed by atoms with E-state index in [4.69, 9.17) is 5.73 Å². The average Bonchev–Trinajstić information content (AvgIpc) is 2.97. The molecule has 0 radical (unpaired) electrons. The minimum absolute atomic E-state index is 0.748. The van der Waals surface area contributed by atoms with Crippen molar-refractivity contribution in [2.45, 2.75) is 19.9 Å². The van der Waals surface area contributed by atoms with Gasteiger partial charge in [0.1, 0.15) is 5.52 Å². The number of nitrogen functional groups attached to an aromatic ring is 1. The number of para-hydroxylation sites is 1. The van der Waals surface area contributed by atoms with Gasteiger partial charge in [-0.15, -0.1) is 0 Å². The molecule has 0 bridgehead atoms. The van der Waals surface area contributed by atoms with Crippen LogP contribution in [0.15, 0.2) is 48.9 Å². The van der Waals surface area contributed by atoms with E-state index in [9.17, 15) is 0 Å². The van der Waals surface area contributed by atoms with Crippen molar-refractivity contribution in [3.05, 3.63) is 54.5 Å². The molecule has 0 saturated heterocycles. The standard InChI is InChI=1S/C16H19N5/c1-2-10-20(12-13-5-3-4-6-14(13)17)16-15-7-8-19-21(15)11-9-18-16/h3-9,11H,2,10,12,17H2,1H3. The smallest absolute Gasteiger partial charge is 0.154 e. The van der Waals surface area contributed by atoms with Gasteiger partial charge in [-0.2, -0.15) is 5.10 Å². The zero-order valence-corrected chi connectivity index (χ0v) is 12.1. The van der Waals surface area contributed by atoms with Crippen LogP contribution in [-0.4, -0.2) is 21.1 Å². The van der Waals surface area contributed by atoms with Crippen LogP contribution < -0.4 is 10.6 Å². The average molecular weight is 281 g/mol. The van der Waals surface area contributed by atoms with Gasteiger partial charge >= 0.3 is 0 Å². The fraction of sp³-hybridized carbons (Fsp3) is 0.250. The molecular weight excluding hydrogens is 262 g/mol. The Labute approximate surface area is 124 Å². The molecule has 2 aromatic heterocycles. The highest BCUT2D eigenvalue weighted by Gasteiger charge is 2.13. The number of anilines is 2. The summed E-state index contributed by atoms with van der Waals surface area (Å²) in [4.78, 5) is 6.80. The summed E-state index contributed by atoms with van der Waals surface area (Å²) < 4.78 is 1.85. The summed E-state index contributed by atoms with van der Waals surface area (Å²) in [6.45, 7) is 3.84. The van der Waals surface area contributed by atoms with Crippen LogP contribution in [-0.2, 0) is 6.54 Å². The molecule has 0 aliphatic carbocycles. The van der Waals surface area contributed by atoms with Crippen LogP contribution in [0.4, 0.5) is 11.5 Å². The maximum Gasteiger partial charge on any atom is 0.154 e. The van der Waals surface area contributed by atoms with Gasteiger partial charge in [0, 0.05) is 31.2 Å². The summed E-state index contributed by atoms with van der Waals surface area (Å²) in [6, 6.07) is 9.96. The molecule has 0 fully saturated rings. The van der Waals surface area contributed by atoms with Crippen LogP contribution in [0.2, 0.25) is 0 Å². The molecule has 2 heterocycles. The zero-order valence-electron chi connectivity index (χ0n) is 12.1. The minimum atomic E-state index is 0.748. The highest BCUT2D eigenvalue weighted by Crippen LogP contribution is 2.22. The summed E-state index contributed by atoms with van der Waals surface area (Å²) in [5.74, 6) is 0.945. The molecule has 0 spiro atoms. The van der Waals surface area contributed by atoms with E-state index >= 15 is 0 Å². The van der Waals surface area contributed by atoms with E-state index in [0.29, 0.717) is 0 Å². The van der Waals surface area contributed by atoms with Crippen molar-refractivity contribution >= 4 is 17.0 Å². The Hall–Kier alpha value is -2.56. The first-order valence-electron chi connectivity index (χ1n) is 7.16. The molecular formula is C16H19N5. The summed E-state index contributed by atoms with van der Waals surface area (Å²) >= 11 is 0. The molecule has 5 nitrogen and oxygen atoms in total. The van der Waals surface area contributed by atoms with Gasteiger partial charge in [-0.05, 0) is 24.1 Å². The SMILES string of the molecule is CCCN(Cc1ccccc1N)c1nccn2nccc12. The van der Waals surface area contributed by atoms with E-state index in [2.05, 4.69) is 28.0 Å². The summed E-state index contributed by atoms with van der Waals surface area (Å²) in [5.41, 5.74) is 9.02. The normalized spacial score (nSPS) is 10.9. The van der Waals surface area contributed by atoms with Crippen LogP contribution in [0.3, 0.4) is 0 Å². The number of nitrogens with two attached hydrogens (primary N) is 1. The van der Waals surface area contributed by atoms with Crippen molar-refractivity contribution in [2.24, 2.45) is 0 Å². The van der Waals surface area contributed by atoms with E-state index in [1.807, 2.05) is 35.0 Å². The Morgan fingerprint density at radius 3 is 2.86 bits per heavy atom. The first-order chi connectivity index (χ1) is 10.3. The quantitative estimate of drug-likeness (QED) is 0.731. The number of hydrogen-bond donors (Lipinski definition) is 1. The minimum Gasteiger partial charge on any atom is -0.398 e. The molecule has 2 N–H and O–H groups in total. The van der Waals surface area contributed by atoms with Crippen molar-refractivity contribution in [2.75, 3.05) is 17.2 Å². The molecule has 3 aromatic rings. The topological polar surface area (TPSA) is 59.5 Å². The third-order valence-corrected chi connectivity index (χ3v) is 3.51. The number of fused-ring (bicyclic) bond motifs is 1. The highest BCUT2D eigenvalue weighted by atomic mass is 15.3. The summed E-state index contributed by atoms with van der Waals surface area (Å²) in [7, 11) is 0. The first-order valence-corrected chi connectivity index (χ1v) is 7.16. The van der Waals surface area contributed by atoms with Crippen molar-refractivity contribution < 1.29 is 0 Å². The number of benzene rings is 1. The van der Waals surface area contributed by atoms with Crippen LogP contribution in [0.1, 0.15) is 18.9 Å².